The minimum Gasteiger partial charge on any atom is -0.240 e. The minimum atomic E-state index is 0.988. The lowest BCUT2D eigenvalue weighted by Gasteiger charge is -2.08. The molecule has 0 aliphatic carbocycles. The maximum absolute atomic E-state index is 4.71. The first-order valence-corrected chi connectivity index (χ1v) is 8.09. The Morgan fingerprint density at radius 3 is 2.12 bits per heavy atom. The van der Waals surface area contributed by atoms with Crippen molar-refractivity contribution in [1.29, 1.82) is 0 Å². The largest absolute Gasteiger partial charge is 0.240 e. The van der Waals surface area contributed by atoms with Gasteiger partial charge in [0, 0.05) is 11.8 Å². The van der Waals surface area contributed by atoms with Crippen LogP contribution in [0.1, 0.15) is 5.56 Å². The standard InChI is InChI=1S/C22H18N2/c1-17-16-19(12-13-21(17)18-8-4-2-5-9-18)22-14-15-24(23-22)20-10-6-3-7-11-20/h2-16H,1H3. The van der Waals surface area contributed by atoms with E-state index in [0.29, 0.717) is 0 Å². The van der Waals surface area contributed by atoms with Crippen molar-refractivity contribution < 1.29 is 0 Å². The van der Waals surface area contributed by atoms with Crippen molar-refractivity contribution >= 4 is 0 Å². The van der Waals surface area contributed by atoms with E-state index in [4.69, 9.17) is 5.10 Å². The average Bonchev–Trinajstić information content (AvgIpc) is 3.13. The number of benzene rings is 3. The van der Waals surface area contributed by atoms with Gasteiger partial charge in [0.2, 0.25) is 0 Å². The molecule has 0 aliphatic rings. The highest BCUT2D eigenvalue weighted by Gasteiger charge is 2.07. The maximum atomic E-state index is 4.71. The van der Waals surface area contributed by atoms with Crippen molar-refractivity contribution in [3.63, 3.8) is 0 Å². The molecule has 4 rings (SSSR count). The van der Waals surface area contributed by atoms with E-state index < -0.39 is 0 Å². The molecule has 0 saturated carbocycles. The second kappa shape index (κ2) is 6.17. The third kappa shape index (κ3) is 2.74. The molecule has 2 nitrogen and oxygen atoms in total. The van der Waals surface area contributed by atoms with Crippen molar-refractivity contribution in [3.8, 4) is 28.1 Å². The lowest BCUT2D eigenvalue weighted by Crippen LogP contribution is -1.94. The Balaban J connectivity index is 1.69. The maximum Gasteiger partial charge on any atom is 0.0927 e. The summed E-state index contributed by atoms with van der Waals surface area (Å²) in [6.07, 6.45) is 2.01. The molecule has 0 radical (unpaired) electrons. The molecule has 24 heavy (non-hydrogen) atoms. The van der Waals surface area contributed by atoms with Crippen LogP contribution >= 0.6 is 0 Å². The second-order valence-electron chi connectivity index (χ2n) is 5.88. The monoisotopic (exact) mass is 310 g/mol. The highest BCUT2D eigenvalue weighted by atomic mass is 15.3. The molecule has 0 atom stereocenters. The topological polar surface area (TPSA) is 17.8 Å². The molecule has 0 unspecified atom stereocenters. The smallest absolute Gasteiger partial charge is 0.0927 e. The number of para-hydroxylation sites is 1. The van der Waals surface area contributed by atoms with Gasteiger partial charge in [-0.3, -0.25) is 0 Å². The zero-order chi connectivity index (χ0) is 16.4. The van der Waals surface area contributed by atoms with Crippen LogP contribution in [0.3, 0.4) is 0 Å². The minimum absolute atomic E-state index is 0.988. The Labute approximate surface area is 142 Å². The van der Waals surface area contributed by atoms with Gasteiger partial charge < -0.3 is 0 Å². The summed E-state index contributed by atoms with van der Waals surface area (Å²) in [6.45, 7) is 2.15. The predicted molar refractivity (Wildman–Crippen MR) is 99.2 cm³/mol. The molecule has 0 aliphatic heterocycles. The molecule has 2 heteroatoms. The fourth-order valence-electron chi connectivity index (χ4n) is 2.97. The molecule has 0 N–H and O–H groups in total. The van der Waals surface area contributed by atoms with Crippen LogP contribution < -0.4 is 0 Å². The first-order valence-electron chi connectivity index (χ1n) is 8.09. The van der Waals surface area contributed by atoms with E-state index in [1.54, 1.807) is 0 Å². The Hall–Kier alpha value is -3.13. The second-order valence-corrected chi connectivity index (χ2v) is 5.88. The Bertz CT molecular complexity index is 954. The fourth-order valence-corrected chi connectivity index (χ4v) is 2.97. The van der Waals surface area contributed by atoms with Gasteiger partial charge in [0.1, 0.15) is 0 Å². The first-order chi connectivity index (χ1) is 11.8. The van der Waals surface area contributed by atoms with Gasteiger partial charge in [-0.05, 0) is 47.9 Å². The van der Waals surface area contributed by atoms with E-state index in [9.17, 15) is 0 Å². The van der Waals surface area contributed by atoms with Crippen LogP contribution in [0.15, 0.2) is 91.1 Å². The van der Waals surface area contributed by atoms with E-state index in [-0.39, 0.29) is 0 Å². The highest BCUT2D eigenvalue weighted by Crippen LogP contribution is 2.28. The van der Waals surface area contributed by atoms with E-state index in [1.807, 2.05) is 35.1 Å². The van der Waals surface area contributed by atoms with Crippen LogP contribution in [-0.4, -0.2) is 9.78 Å². The first kappa shape index (κ1) is 14.5. The molecule has 4 aromatic rings. The molecule has 0 fully saturated rings. The van der Waals surface area contributed by atoms with Crippen LogP contribution in [0.25, 0.3) is 28.1 Å². The van der Waals surface area contributed by atoms with E-state index in [0.717, 1.165) is 16.9 Å². The molecule has 0 saturated heterocycles. The van der Waals surface area contributed by atoms with E-state index >= 15 is 0 Å². The quantitative estimate of drug-likeness (QED) is 0.487. The van der Waals surface area contributed by atoms with Gasteiger partial charge in [-0.2, -0.15) is 5.10 Å². The SMILES string of the molecule is Cc1cc(-c2ccn(-c3ccccc3)n2)ccc1-c1ccccc1. The van der Waals surface area contributed by atoms with Gasteiger partial charge in [0.05, 0.1) is 11.4 Å². The van der Waals surface area contributed by atoms with Crippen molar-refractivity contribution in [3.05, 3.63) is 96.7 Å². The molecule has 0 bridgehead atoms. The number of hydrogen-bond acceptors (Lipinski definition) is 1. The Morgan fingerprint density at radius 1 is 0.708 bits per heavy atom. The summed E-state index contributed by atoms with van der Waals surface area (Å²) < 4.78 is 1.91. The summed E-state index contributed by atoms with van der Waals surface area (Å²) in [4.78, 5) is 0. The highest BCUT2D eigenvalue weighted by molar-refractivity contribution is 5.72. The van der Waals surface area contributed by atoms with Gasteiger partial charge in [-0.15, -0.1) is 0 Å². The van der Waals surface area contributed by atoms with Crippen LogP contribution in [0.2, 0.25) is 0 Å². The van der Waals surface area contributed by atoms with Crippen molar-refractivity contribution in [1.82, 2.24) is 9.78 Å². The predicted octanol–water partition coefficient (Wildman–Crippen LogP) is 5.51. The van der Waals surface area contributed by atoms with Gasteiger partial charge in [-0.1, -0.05) is 60.7 Å². The molecule has 0 amide bonds. The number of hydrogen-bond donors (Lipinski definition) is 0. The third-order valence-corrected chi connectivity index (χ3v) is 4.22. The summed E-state index contributed by atoms with van der Waals surface area (Å²) in [7, 11) is 0. The summed E-state index contributed by atoms with van der Waals surface area (Å²) >= 11 is 0. The van der Waals surface area contributed by atoms with Crippen molar-refractivity contribution in [2.75, 3.05) is 0 Å². The van der Waals surface area contributed by atoms with Gasteiger partial charge in [0.15, 0.2) is 0 Å². The lowest BCUT2D eigenvalue weighted by atomic mass is 9.98. The van der Waals surface area contributed by atoms with Crippen molar-refractivity contribution in [2.45, 2.75) is 6.92 Å². The number of aromatic nitrogens is 2. The number of nitrogens with zero attached hydrogens (tertiary/aromatic N) is 2. The Kier molecular flexibility index (Phi) is 3.72. The number of aryl methyl sites for hydroxylation is 1. The van der Waals surface area contributed by atoms with E-state index in [2.05, 4.69) is 67.6 Å². The third-order valence-electron chi connectivity index (χ3n) is 4.22. The summed E-state index contributed by atoms with van der Waals surface area (Å²) in [5.41, 5.74) is 6.97. The van der Waals surface area contributed by atoms with Crippen molar-refractivity contribution in [2.24, 2.45) is 0 Å². The van der Waals surface area contributed by atoms with Crippen LogP contribution in [0, 0.1) is 6.92 Å². The van der Waals surface area contributed by atoms with Gasteiger partial charge >= 0.3 is 0 Å². The van der Waals surface area contributed by atoms with Crippen LogP contribution in [-0.2, 0) is 0 Å². The average molecular weight is 310 g/mol. The summed E-state index contributed by atoms with van der Waals surface area (Å²) in [5, 5.41) is 4.71. The van der Waals surface area contributed by atoms with Crippen LogP contribution in [0.5, 0.6) is 0 Å². The lowest BCUT2D eigenvalue weighted by molar-refractivity contribution is 0.884. The summed E-state index contributed by atoms with van der Waals surface area (Å²) in [6, 6.07) is 29.3. The Morgan fingerprint density at radius 2 is 1.42 bits per heavy atom. The van der Waals surface area contributed by atoms with Crippen LogP contribution in [0.4, 0.5) is 0 Å². The summed E-state index contributed by atoms with van der Waals surface area (Å²) in [5.74, 6) is 0. The zero-order valence-electron chi connectivity index (χ0n) is 13.6. The van der Waals surface area contributed by atoms with Gasteiger partial charge in [-0.25, -0.2) is 4.68 Å². The normalized spacial score (nSPS) is 10.7. The molecule has 3 aromatic carbocycles. The molecular formula is C22H18N2. The van der Waals surface area contributed by atoms with Gasteiger partial charge in [0.25, 0.3) is 0 Å². The molecular weight excluding hydrogens is 292 g/mol. The number of rotatable bonds is 3. The molecule has 116 valence electrons. The molecule has 0 spiro atoms. The molecule has 1 aromatic heterocycles. The fraction of sp³-hybridized carbons (Fsp3) is 0.0455. The molecule has 1 heterocycles. The zero-order valence-corrected chi connectivity index (χ0v) is 13.6. The van der Waals surface area contributed by atoms with E-state index in [1.165, 1.54) is 16.7 Å².